The third-order valence-electron chi connectivity index (χ3n) is 0.494. The largest absolute Gasteiger partial charge is 0.346 e. The van der Waals surface area contributed by atoms with Crippen LogP contribution in [0.3, 0.4) is 0 Å². The van der Waals surface area contributed by atoms with Gasteiger partial charge in [0.25, 0.3) is 0 Å². The van der Waals surface area contributed by atoms with Crippen molar-refractivity contribution in [3.05, 3.63) is 0 Å². The Hall–Kier alpha value is 0.813. The molecule has 0 amide bonds. The first-order chi connectivity index (χ1) is 2.64. The zero-order valence-corrected chi connectivity index (χ0v) is 8.61. The molecule has 2 nitrogen and oxygen atoms in total. The summed E-state index contributed by atoms with van der Waals surface area (Å²) in [6.45, 7) is 3.45. The van der Waals surface area contributed by atoms with E-state index >= 15 is 0 Å². The maximum Gasteiger partial charge on any atom is 0.191 e. The Morgan fingerprint density at radius 3 is 1.71 bits per heavy atom. The molecule has 0 saturated heterocycles. The average molecular weight is 173 g/mol. The van der Waals surface area contributed by atoms with Crippen LogP contribution >= 0.6 is 8.03 Å². The van der Waals surface area contributed by atoms with Gasteiger partial charge < -0.3 is 4.89 Å². The van der Waals surface area contributed by atoms with Gasteiger partial charge in [-0.05, 0) is 0 Å². The molecule has 0 saturated carbocycles. The summed E-state index contributed by atoms with van der Waals surface area (Å²) in [7, 11) is -2.20. The Morgan fingerprint density at radius 2 is 1.71 bits per heavy atom. The molecule has 40 valence electrons. The van der Waals surface area contributed by atoms with Crippen LogP contribution in [0.5, 0.6) is 0 Å². The summed E-state index contributed by atoms with van der Waals surface area (Å²) in [5.74, 6) is 0. The average Bonchev–Trinajstić information content (AvgIpc) is 1.36. The second kappa shape index (κ2) is 4.96. The van der Waals surface area contributed by atoms with E-state index in [1.54, 1.807) is 13.8 Å². The molecule has 0 aliphatic heterocycles. The number of hydrogen-bond acceptors (Lipinski definition) is 1. The molecule has 0 aromatic rings. The van der Waals surface area contributed by atoms with Crippen molar-refractivity contribution in [1.82, 2.24) is 0 Å². The van der Waals surface area contributed by atoms with E-state index in [1.807, 2.05) is 0 Å². The molecule has 1 N–H and O–H groups in total. The second-order valence-corrected chi connectivity index (χ2v) is 3.32. The van der Waals surface area contributed by atoms with Gasteiger partial charge in [-0.2, -0.15) is 0 Å². The zero-order valence-electron chi connectivity index (χ0n) is 4.64. The molecule has 7 heavy (non-hydrogen) atoms. The van der Waals surface area contributed by atoms with Gasteiger partial charge in [0.05, 0.1) is 0 Å². The molecule has 0 aromatic carbocycles. The van der Waals surface area contributed by atoms with Gasteiger partial charge in [-0.25, -0.2) is 0 Å². The first-order valence-electron chi connectivity index (χ1n) is 1.87. The van der Waals surface area contributed by atoms with Crippen LogP contribution in [0.15, 0.2) is 0 Å². The molecule has 0 fully saturated rings. The van der Waals surface area contributed by atoms with Crippen molar-refractivity contribution in [2.24, 2.45) is 0 Å². The first kappa shape index (κ1) is 10.7. The molecular formula is C3H9O2PZn. The van der Waals surface area contributed by atoms with Crippen LogP contribution in [-0.2, 0) is 24.0 Å². The number of hydrogen-bond donors (Lipinski definition) is 1. The fourth-order valence-electron chi connectivity index (χ4n) is 0. The topological polar surface area (TPSA) is 37.3 Å². The predicted octanol–water partition coefficient (Wildman–Crippen LogP) is 0.859. The molecule has 0 aromatic heterocycles. The minimum Gasteiger partial charge on any atom is -0.346 e. The van der Waals surface area contributed by atoms with Gasteiger partial charge in [0.15, 0.2) is 8.03 Å². The van der Waals surface area contributed by atoms with Gasteiger partial charge in [-0.15, -0.1) is 0 Å². The van der Waals surface area contributed by atoms with Crippen molar-refractivity contribution >= 4 is 8.03 Å². The van der Waals surface area contributed by atoms with Gasteiger partial charge in [0.2, 0.25) is 0 Å². The Bertz CT molecular complexity index is 64.0. The SMILES string of the molecule is CC(C)[PH](=O)O.[Zn]. The fraction of sp³-hybridized carbons (Fsp3) is 1.00. The van der Waals surface area contributed by atoms with Gasteiger partial charge in [-0.3, -0.25) is 4.57 Å². The smallest absolute Gasteiger partial charge is 0.191 e. The van der Waals surface area contributed by atoms with E-state index < -0.39 is 8.03 Å². The van der Waals surface area contributed by atoms with E-state index in [0.29, 0.717) is 0 Å². The molecule has 1 atom stereocenters. The zero-order chi connectivity index (χ0) is 5.15. The molecule has 0 rings (SSSR count). The molecule has 1 unspecified atom stereocenters. The van der Waals surface area contributed by atoms with Crippen LogP contribution in [0.1, 0.15) is 13.8 Å². The van der Waals surface area contributed by atoms with E-state index in [2.05, 4.69) is 0 Å². The maximum atomic E-state index is 9.88. The van der Waals surface area contributed by atoms with Crippen LogP contribution in [0.4, 0.5) is 0 Å². The van der Waals surface area contributed by atoms with Crippen molar-refractivity contribution in [2.45, 2.75) is 19.5 Å². The molecule has 0 heterocycles. The fourth-order valence-corrected chi connectivity index (χ4v) is 0. The third kappa shape index (κ3) is 6.81. The molecule has 0 spiro atoms. The van der Waals surface area contributed by atoms with E-state index in [9.17, 15) is 4.57 Å². The minimum atomic E-state index is -2.20. The maximum absolute atomic E-state index is 9.88. The summed E-state index contributed by atoms with van der Waals surface area (Å²) >= 11 is 0. The molecule has 4 heteroatoms. The van der Waals surface area contributed by atoms with E-state index in [4.69, 9.17) is 4.89 Å². The van der Waals surface area contributed by atoms with Gasteiger partial charge in [0, 0.05) is 25.1 Å². The molecule has 0 aliphatic rings. The standard InChI is InChI=1S/C3H9O2P.Zn/c1-3(2)6(4)5;/h3,6H,1-2H3,(H,4,5);. The van der Waals surface area contributed by atoms with Crippen LogP contribution < -0.4 is 0 Å². The van der Waals surface area contributed by atoms with Crippen LogP contribution in [0, 0.1) is 0 Å². The Morgan fingerprint density at radius 1 is 1.57 bits per heavy atom. The Balaban J connectivity index is 0. The second-order valence-electron chi connectivity index (χ2n) is 1.49. The van der Waals surface area contributed by atoms with Crippen molar-refractivity contribution in [1.29, 1.82) is 0 Å². The summed E-state index contributed by atoms with van der Waals surface area (Å²) in [6.07, 6.45) is 0. The van der Waals surface area contributed by atoms with Crippen molar-refractivity contribution in [2.75, 3.05) is 0 Å². The third-order valence-corrected chi connectivity index (χ3v) is 1.48. The minimum absolute atomic E-state index is 0. The van der Waals surface area contributed by atoms with Gasteiger partial charge >= 0.3 is 0 Å². The molecular weight excluding hydrogens is 164 g/mol. The van der Waals surface area contributed by atoms with Crippen molar-refractivity contribution in [3.63, 3.8) is 0 Å². The first-order valence-corrected chi connectivity index (χ1v) is 3.30. The van der Waals surface area contributed by atoms with Gasteiger partial charge in [-0.1, -0.05) is 13.8 Å². The Labute approximate surface area is 56.9 Å². The molecule has 0 bridgehead atoms. The summed E-state index contributed by atoms with van der Waals surface area (Å²) in [5, 5.41) is 0. The summed E-state index contributed by atoms with van der Waals surface area (Å²) in [6, 6.07) is 0. The van der Waals surface area contributed by atoms with Gasteiger partial charge in [0.1, 0.15) is 0 Å². The summed E-state index contributed by atoms with van der Waals surface area (Å²) < 4.78 is 9.88. The molecule has 0 radical (unpaired) electrons. The van der Waals surface area contributed by atoms with Crippen LogP contribution in [0.2, 0.25) is 0 Å². The van der Waals surface area contributed by atoms with Crippen LogP contribution in [-0.4, -0.2) is 10.6 Å². The van der Waals surface area contributed by atoms with E-state index in [-0.39, 0.29) is 25.1 Å². The monoisotopic (exact) mass is 172 g/mol. The normalized spacial score (nSPS) is 13.1. The quantitative estimate of drug-likeness (QED) is 0.472. The predicted molar refractivity (Wildman–Crippen MR) is 26.4 cm³/mol. The van der Waals surface area contributed by atoms with E-state index in [0.717, 1.165) is 0 Å². The van der Waals surface area contributed by atoms with Crippen molar-refractivity contribution in [3.8, 4) is 0 Å². The molecule has 0 aliphatic carbocycles. The Kier molecular flexibility index (Phi) is 7.61. The van der Waals surface area contributed by atoms with Crippen molar-refractivity contribution < 1.29 is 28.9 Å². The van der Waals surface area contributed by atoms with E-state index in [1.165, 1.54) is 0 Å². The number of rotatable bonds is 1. The van der Waals surface area contributed by atoms with Crippen LogP contribution in [0.25, 0.3) is 0 Å². The summed E-state index contributed by atoms with van der Waals surface area (Å²) in [4.78, 5) is 8.18. The summed E-state index contributed by atoms with van der Waals surface area (Å²) in [5.41, 5.74) is -0.0463.